The molecule has 2 rings (SSSR count). The van der Waals surface area contributed by atoms with Gasteiger partial charge < -0.3 is 10.6 Å². The highest BCUT2D eigenvalue weighted by Gasteiger charge is 2.26. The van der Waals surface area contributed by atoms with Crippen molar-refractivity contribution in [3.63, 3.8) is 0 Å². The van der Waals surface area contributed by atoms with Crippen LogP contribution in [-0.4, -0.2) is 12.5 Å². The summed E-state index contributed by atoms with van der Waals surface area (Å²) in [5.74, 6) is 0.135. The Morgan fingerprint density at radius 1 is 1.30 bits per heavy atom. The van der Waals surface area contributed by atoms with E-state index in [1.54, 1.807) is 0 Å². The summed E-state index contributed by atoms with van der Waals surface area (Å²) in [6, 6.07) is 6.80. The van der Waals surface area contributed by atoms with Crippen LogP contribution in [0.4, 0.5) is 5.69 Å². The number of nitrogens with one attached hydrogen (secondary N) is 2. The number of hydrogen-bond donors (Lipinski definition) is 2. The van der Waals surface area contributed by atoms with Gasteiger partial charge >= 0.3 is 0 Å². The Morgan fingerprint density at radius 2 is 2.05 bits per heavy atom. The molecule has 1 aliphatic rings. The minimum atomic E-state index is 0.135. The maximum atomic E-state index is 11.6. The second-order valence-electron chi connectivity index (χ2n) is 6.68. The van der Waals surface area contributed by atoms with E-state index in [1.807, 2.05) is 0 Å². The van der Waals surface area contributed by atoms with Gasteiger partial charge in [0.2, 0.25) is 5.91 Å². The van der Waals surface area contributed by atoms with E-state index in [2.05, 4.69) is 56.5 Å². The second-order valence-corrected chi connectivity index (χ2v) is 6.68. The normalized spacial score (nSPS) is 17.1. The quantitative estimate of drug-likeness (QED) is 0.883. The van der Waals surface area contributed by atoms with Gasteiger partial charge in [0.1, 0.15) is 0 Å². The first-order valence-electron chi connectivity index (χ1n) is 7.58. The molecule has 0 aromatic heterocycles. The Hall–Kier alpha value is -1.35. The minimum absolute atomic E-state index is 0.135. The van der Waals surface area contributed by atoms with Crippen molar-refractivity contribution in [3.05, 3.63) is 29.3 Å². The first-order chi connectivity index (χ1) is 9.41. The average Bonchev–Trinajstić information content (AvgIpc) is 2.54. The summed E-state index contributed by atoms with van der Waals surface area (Å²) >= 11 is 0. The molecule has 0 bridgehead atoms. The van der Waals surface area contributed by atoms with E-state index in [0.717, 1.165) is 25.1 Å². The molecule has 1 heterocycles. The summed E-state index contributed by atoms with van der Waals surface area (Å²) in [7, 11) is 0. The highest BCUT2D eigenvalue weighted by Crippen LogP contribution is 2.35. The molecule has 0 saturated carbocycles. The lowest BCUT2D eigenvalue weighted by atomic mass is 9.81. The summed E-state index contributed by atoms with van der Waals surface area (Å²) < 4.78 is 0. The van der Waals surface area contributed by atoms with Gasteiger partial charge in [-0.25, -0.2) is 0 Å². The maximum absolute atomic E-state index is 11.6. The standard InChI is InChI=1S/C17H26N2O/c1-5-18-16(17(2,3)4)13-9-10-14-12(11-13)7-6-8-15(20)19-14/h9-11,16,18H,5-8H2,1-4H3,(H,19,20). The number of anilines is 1. The van der Waals surface area contributed by atoms with Crippen LogP contribution in [0.2, 0.25) is 0 Å². The molecule has 0 spiro atoms. The number of benzene rings is 1. The Balaban J connectivity index is 2.34. The van der Waals surface area contributed by atoms with Crippen LogP contribution in [0.1, 0.15) is 57.7 Å². The zero-order valence-electron chi connectivity index (χ0n) is 13.0. The summed E-state index contributed by atoms with van der Waals surface area (Å²) in [5.41, 5.74) is 3.73. The van der Waals surface area contributed by atoms with Crippen LogP contribution in [-0.2, 0) is 11.2 Å². The van der Waals surface area contributed by atoms with E-state index in [-0.39, 0.29) is 11.3 Å². The fourth-order valence-electron chi connectivity index (χ4n) is 2.90. The predicted molar refractivity (Wildman–Crippen MR) is 83.9 cm³/mol. The molecule has 0 radical (unpaired) electrons. The van der Waals surface area contributed by atoms with E-state index >= 15 is 0 Å². The van der Waals surface area contributed by atoms with E-state index < -0.39 is 0 Å². The molecular formula is C17H26N2O. The minimum Gasteiger partial charge on any atom is -0.326 e. The van der Waals surface area contributed by atoms with Crippen LogP contribution in [0.3, 0.4) is 0 Å². The molecule has 2 N–H and O–H groups in total. The Kier molecular flexibility index (Phi) is 4.48. The zero-order chi connectivity index (χ0) is 14.8. The number of rotatable bonds is 3. The molecule has 1 aromatic rings. The average molecular weight is 274 g/mol. The molecule has 1 aromatic carbocycles. The van der Waals surface area contributed by atoms with Crippen molar-refractivity contribution >= 4 is 11.6 Å². The monoisotopic (exact) mass is 274 g/mol. The fourth-order valence-corrected chi connectivity index (χ4v) is 2.90. The zero-order valence-corrected chi connectivity index (χ0v) is 13.0. The van der Waals surface area contributed by atoms with Crippen molar-refractivity contribution in [1.29, 1.82) is 0 Å². The molecule has 3 heteroatoms. The van der Waals surface area contributed by atoms with Crippen LogP contribution < -0.4 is 10.6 Å². The molecule has 0 fully saturated rings. The fraction of sp³-hybridized carbons (Fsp3) is 0.588. The maximum Gasteiger partial charge on any atom is 0.224 e. The van der Waals surface area contributed by atoms with Gasteiger partial charge in [-0.3, -0.25) is 4.79 Å². The smallest absolute Gasteiger partial charge is 0.224 e. The predicted octanol–water partition coefficient (Wildman–Crippen LogP) is 3.66. The summed E-state index contributed by atoms with van der Waals surface area (Å²) in [4.78, 5) is 11.6. The Bertz CT molecular complexity index is 488. The van der Waals surface area contributed by atoms with Crippen molar-refractivity contribution in [2.24, 2.45) is 5.41 Å². The van der Waals surface area contributed by atoms with Crippen molar-refractivity contribution in [3.8, 4) is 0 Å². The van der Waals surface area contributed by atoms with Crippen LogP contribution in [0.5, 0.6) is 0 Å². The topological polar surface area (TPSA) is 41.1 Å². The number of hydrogen-bond acceptors (Lipinski definition) is 2. The first kappa shape index (κ1) is 15.0. The van der Waals surface area contributed by atoms with Gasteiger partial charge in [-0.1, -0.05) is 39.8 Å². The molecule has 0 saturated heterocycles. The first-order valence-corrected chi connectivity index (χ1v) is 7.58. The molecular weight excluding hydrogens is 248 g/mol. The molecule has 3 nitrogen and oxygen atoms in total. The van der Waals surface area contributed by atoms with Gasteiger partial charge in [-0.05, 0) is 42.0 Å². The number of carbonyl (C=O) groups is 1. The van der Waals surface area contributed by atoms with E-state index in [9.17, 15) is 4.79 Å². The van der Waals surface area contributed by atoms with Crippen LogP contribution in [0.25, 0.3) is 0 Å². The molecule has 110 valence electrons. The van der Waals surface area contributed by atoms with Gasteiger partial charge in [-0.15, -0.1) is 0 Å². The third-order valence-corrected chi connectivity index (χ3v) is 3.86. The second kappa shape index (κ2) is 5.96. The van der Waals surface area contributed by atoms with Crippen molar-refractivity contribution in [2.45, 2.75) is 53.0 Å². The Morgan fingerprint density at radius 3 is 2.70 bits per heavy atom. The van der Waals surface area contributed by atoms with Crippen molar-refractivity contribution < 1.29 is 4.79 Å². The van der Waals surface area contributed by atoms with Crippen molar-refractivity contribution in [1.82, 2.24) is 5.32 Å². The van der Waals surface area contributed by atoms with Gasteiger partial charge in [0.05, 0.1) is 0 Å². The third-order valence-electron chi connectivity index (χ3n) is 3.86. The number of carbonyl (C=O) groups excluding carboxylic acids is 1. The van der Waals surface area contributed by atoms with Crippen molar-refractivity contribution in [2.75, 3.05) is 11.9 Å². The van der Waals surface area contributed by atoms with Crippen LogP contribution in [0, 0.1) is 5.41 Å². The van der Waals surface area contributed by atoms with E-state index in [1.165, 1.54) is 11.1 Å². The summed E-state index contributed by atoms with van der Waals surface area (Å²) in [6.07, 6.45) is 2.54. The highest BCUT2D eigenvalue weighted by molar-refractivity contribution is 5.92. The van der Waals surface area contributed by atoms with Gasteiger partial charge in [0, 0.05) is 18.2 Å². The molecule has 1 amide bonds. The van der Waals surface area contributed by atoms with Gasteiger partial charge in [0.15, 0.2) is 0 Å². The number of amides is 1. The molecule has 1 unspecified atom stereocenters. The number of aryl methyl sites for hydroxylation is 1. The lowest BCUT2D eigenvalue weighted by Crippen LogP contribution is -2.32. The molecule has 20 heavy (non-hydrogen) atoms. The van der Waals surface area contributed by atoms with Crippen LogP contribution in [0.15, 0.2) is 18.2 Å². The van der Waals surface area contributed by atoms with Gasteiger partial charge in [0.25, 0.3) is 0 Å². The van der Waals surface area contributed by atoms with Gasteiger partial charge in [-0.2, -0.15) is 0 Å². The molecule has 1 aliphatic heterocycles. The van der Waals surface area contributed by atoms with E-state index in [4.69, 9.17) is 0 Å². The lowest BCUT2D eigenvalue weighted by Gasteiger charge is -2.32. The lowest BCUT2D eigenvalue weighted by molar-refractivity contribution is -0.116. The summed E-state index contributed by atoms with van der Waals surface area (Å²) in [5, 5.41) is 6.58. The molecule has 1 atom stereocenters. The van der Waals surface area contributed by atoms with E-state index in [0.29, 0.717) is 12.5 Å². The highest BCUT2D eigenvalue weighted by atomic mass is 16.1. The summed E-state index contributed by atoms with van der Waals surface area (Å²) in [6.45, 7) is 9.87. The van der Waals surface area contributed by atoms with Crippen LogP contribution >= 0.6 is 0 Å². The number of fused-ring (bicyclic) bond motifs is 1. The third kappa shape index (κ3) is 3.40. The largest absolute Gasteiger partial charge is 0.326 e. The Labute approximate surface area is 122 Å². The molecule has 0 aliphatic carbocycles. The SMILES string of the molecule is CCNC(c1ccc2c(c1)CCCC(=O)N2)C(C)(C)C.